The SMILES string of the molecule is O=C(CCc1ccc(CNc2nccs2)cc1OCCc1ccc2ccccc2c1)NS(=O)(=O)c1ccc(F)c(F)c1. The molecular weight excluding hydrogens is 580 g/mol. The van der Waals surface area contributed by atoms with Gasteiger partial charge in [-0.3, -0.25) is 4.79 Å². The van der Waals surface area contributed by atoms with Crippen molar-refractivity contribution < 1.29 is 26.7 Å². The van der Waals surface area contributed by atoms with Gasteiger partial charge in [0.2, 0.25) is 5.91 Å². The van der Waals surface area contributed by atoms with Crippen LogP contribution in [0.5, 0.6) is 5.75 Å². The van der Waals surface area contributed by atoms with E-state index in [0.29, 0.717) is 37.5 Å². The van der Waals surface area contributed by atoms with Crippen LogP contribution in [0.1, 0.15) is 23.1 Å². The largest absolute Gasteiger partial charge is 0.493 e. The van der Waals surface area contributed by atoms with E-state index < -0.39 is 32.5 Å². The molecule has 0 bridgehead atoms. The van der Waals surface area contributed by atoms with Crippen LogP contribution in [0.3, 0.4) is 0 Å². The summed E-state index contributed by atoms with van der Waals surface area (Å²) in [6.45, 7) is 0.910. The number of carbonyl (C=O) groups is 1. The van der Waals surface area contributed by atoms with E-state index >= 15 is 0 Å². The van der Waals surface area contributed by atoms with Gasteiger partial charge in [-0.1, -0.05) is 54.6 Å². The maximum absolute atomic E-state index is 13.5. The van der Waals surface area contributed by atoms with Crippen LogP contribution in [0, 0.1) is 11.6 Å². The highest BCUT2D eigenvalue weighted by molar-refractivity contribution is 7.90. The fourth-order valence-corrected chi connectivity index (χ4v) is 5.92. The predicted octanol–water partition coefficient (Wildman–Crippen LogP) is 6.25. The van der Waals surface area contributed by atoms with Crippen LogP contribution < -0.4 is 14.8 Å². The van der Waals surface area contributed by atoms with Gasteiger partial charge in [0, 0.05) is 31.0 Å². The third-order valence-electron chi connectivity index (χ3n) is 6.54. The fourth-order valence-electron chi connectivity index (χ4n) is 4.36. The molecule has 1 aromatic heterocycles. The highest BCUT2D eigenvalue weighted by Gasteiger charge is 2.20. The topological polar surface area (TPSA) is 97.4 Å². The second-order valence-corrected chi connectivity index (χ2v) is 12.1. The van der Waals surface area contributed by atoms with E-state index in [1.165, 1.54) is 11.3 Å². The molecule has 5 rings (SSSR count). The van der Waals surface area contributed by atoms with E-state index in [2.05, 4.69) is 40.6 Å². The molecule has 4 aromatic carbocycles. The summed E-state index contributed by atoms with van der Waals surface area (Å²) in [4.78, 5) is 16.3. The first kappa shape index (κ1) is 29.2. The molecule has 1 amide bonds. The van der Waals surface area contributed by atoms with Crippen molar-refractivity contribution in [2.75, 3.05) is 11.9 Å². The molecule has 0 aliphatic carbocycles. The summed E-state index contributed by atoms with van der Waals surface area (Å²) in [5.41, 5.74) is 2.80. The lowest BCUT2D eigenvalue weighted by molar-refractivity contribution is -0.119. The van der Waals surface area contributed by atoms with E-state index in [0.717, 1.165) is 38.7 Å². The number of amides is 1. The average molecular weight is 608 g/mol. The summed E-state index contributed by atoms with van der Waals surface area (Å²) in [5, 5.41) is 8.23. The number of fused-ring (bicyclic) bond motifs is 1. The molecule has 7 nitrogen and oxygen atoms in total. The molecule has 0 aliphatic rings. The van der Waals surface area contributed by atoms with Gasteiger partial charge in [0.1, 0.15) is 5.75 Å². The van der Waals surface area contributed by atoms with Crippen LogP contribution >= 0.6 is 11.3 Å². The number of aryl methyl sites for hydroxylation is 1. The molecule has 1 heterocycles. The van der Waals surface area contributed by atoms with Gasteiger partial charge in [0.25, 0.3) is 10.0 Å². The zero-order valence-electron chi connectivity index (χ0n) is 22.3. The molecule has 5 aromatic rings. The Kier molecular flexibility index (Phi) is 9.09. The molecule has 42 heavy (non-hydrogen) atoms. The predicted molar refractivity (Wildman–Crippen MR) is 159 cm³/mol. The fraction of sp³-hybridized carbons (Fsp3) is 0.161. The van der Waals surface area contributed by atoms with Crippen LogP contribution in [-0.2, 0) is 34.2 Å². The number of rotatable bonds is 12. The number of aromatic nitrogens is 1. The Hall–Kier alpha value is -4.35. The van der Waals surface area contributed by atoms with E-state index in [-0.39, 0.29) is 12.8 Å². The van der Waals surface area contributed by atoms with Gasteiger partial charge in [-0.15, -0.1) is 11.3 Å². The number of ether oxygens (including phenoxy) is 1. The second-order valence-electron chi connectivity index (χ2n) is 9.52. The molecule has 0 spiro atoms. The van der Waals surface area contributed by atoms with Crippen molar-refractivity contribution in [3.63, 3.8) is 0 Å². The lowest BCUT2D eigenvalue weighted by atomic mass is 10.0. The van der Waals surface area contributed by atoms with Crippen LogP contribution in [0.25, 0.3) is 10.8 Å². The Bertz CT molecular complexity index is 1810. The molecule has 0 fully saturated rings. The molecule has 0 atom stereocenters. The van der Waals surface area contributed by atoms with E-state index in [1.807, 2.05) is 40.4 Å². The molecule has 0 aliphatic heterocycles. The summed E-state index contributed by atoms with van der Waals surface area (Å²) < 4.78 is 59.9. The average Bonchev–Trinajstić information content (AvgIpc) is 3.50. The highest BCUT2D eigenvalue weighted by atomic mass is 32.2. The number of anilines is 1. The minimum atomic E-state index is -4.36. The van der Waals surface area contributed by atoms with Crippen LogP contribution in [0.15, 0.2) is 95.3 Å². The normalized spacial score (nSPS) is 11.4. The third-order valence-corrected chi connectivity index (χ3v) is 8.64. The molecule has 11 heteroatoms. The Morgan fingerprint density at radius 3 is 2.48 bits per heavy atom. The zero-order valence-corrected chi connectivity index (χ0v) is 24.0. The molecule has 0 radical (unpaired) electrons. The maximum atomic E-state index is 13.5. The van der Waals surface area contributed by atoms with Gasteiger partial charge in [0.15, 0.2) is 16.8 Å². The Morgan fingerprint density at radius 1 is 0.881 bits per heavy atom. The highest BCUT2D eigenvalue weighted by Crippen LogP contribution is 2.25. The van der Waals surface area contributed by atoms with E-state index in [4.69, 9.17) is 4.74 Å². The van der Waals surface area contributed by atoms with Crippen molar-refractivity contribution in [1.29, 1.82) is 0 Å². The molecular formula is C31H27F2N3O4S2. The molecule has 0 saturated heterocycles. The van der Waals surface area contributed by atoms with Gasteiger partial charge >= 0.3 is 0 Å². The van der Waals surface area contributed by atoms with Gasteiger partial charge in [0.05, 0.1) is 11.5 Å². The lowest BCUT2D eigenvalue weighted by Crippen LogP contribution is -2.30. The number of hydrogen-bond acceptors (Lipinski definition) is 7. The van der Waals surface area contributed by atoms with Gasteiger partial charge < -0.3 is 10.1 Å². The van der Waals surface area contributed by atoms with Gasteiger partial charge in [-0.2, -0.15) is 0 Å². The van der Waals surface area contributed by atoms with E-state index in [9.17, 15) is 22.0 Å². The van der Waals surface area contributed by atoms with Crippen LogP contribution in [0.2, 0.25) is 0 Å². The number of nitrogens with one attached hydrogen (secondary N) is 2. The molecule has 0 saturated carbocycles. The number of nitrogens with zero attached hydrogens (tertiary/aromatic N) is 1. The van der Waals surface area contributed by atoms with Crippen LogP contribution in [-0.4, -0.2) is 25.9 Å². The number of hydrogen-bond donors (Lipinski definition) is 2. The number of sulfonamides is 1. The molecule has 2 N–H and O–H groups in total. The first-order valence-corrected chi connectivity index (χ1v) is 15.5. The first-order chi connectivity index (χ1) is 20.3. The third kappa shape index (κ3) is 7.48. The lowest BCUT2D eigenvalue weighted by Gasteiger charge is -2.14. The quantitative estimate of drug-likeness (QED) is 0.174. The number of benzene rings is 4. The summed E-state index contributed by atoms with van der Waals surface area (Å²) >= 11 is 1.49. The summed E-state index contributed by atoms with van der Waals surface area (Å²) in [6, 6.07) is 22.2. The van der Waals surface area contributed by atoms with Crippen molar-refractivity contribution in [3.8, 4) is 5.75 Å². The van der Waals surface area contributed by atoms with Crippen molar-refractivity contribution in [2.24, 2.45) is 0 Å². The Morgan fingerprint density at radius 2 is 1.69 bits per heavy atom. The molecule has 0 unspecified atom stereocenters. The monoisotopic (exact) mass is 607 g/mol. The van der Waals surface area contributed by atoms with Crippen molar-refractivity contribution in [1.82, 2.24) is 9.71 Å². The van der Waals surface area contributed by atoms with Crippen molar-refractivity contribution in [2.45, 2.75) is 30.7 Å². The maximum Gasteiger partial charge on any atom is 0.264 e. The van der Waals surface area contributed by atoms with Crippen LogP contribution in [0.4, 0.5) is 13.9 Å². The second kappa shape index (κ2) is 13.1. The Balaban J connectivity index is 1.26. The van der Waals surface area contributed by atoms with Crippen molar-refractivity contribution in [3.05, 3.63) is 119 Å². The molecule has 216 valence electrons. The Labute approximate surface area is 246 Å². The van der Waals surface area contributed by atoms with Gasteiger partial charge in [-0.25, -0.2) is 26.9 Å². The minimum absolute atomic E-state index is 0.166. The minimum Gasteiger partial charge on any atom is -0.493 e. The summed E-state index contributed by atoms with van der Waals surface area (Å²) in [6.07, 6.45) is 2.42. The van der Waals surface area contributed by atoms with Gasteiger partial charge in [-0.05, 0) is 58.1 Å². The summed E-state index contributed by atoms with van der Waals surface area (Å²) in [5.74, 6) is -2.69. The first-order valence-electron chi connectivity index (χ1n) is 13.1. The number of halogens is 2. The number of carbonyl (C=O) groups excluding carboxylic acids is 1. The number of thiazole rings is 1. The zero-order chi connectivity index (χ0) is 29.5. The standard InChI is InChI=1S/C31H27F2N3O4S2/c32-27-11-10-26(19-28(27)33)42(38,39)36-30(37)12-9-24-8-6-22(20-35-31-34-14-16-41-31)18-29(24)40-15-13-21-5-7-23-3-1-2-4-25(23)17-21/h1-8,10-11,14,16-19H,9,12-13,15,20H2,(H,34,35)(H,36,37). The van der Waals surface area contributed by atoms with E-state index in [1.54, 1.807) is 6.20 Å². The summed E-state index contributed by atoms with van der Waals surface area (Å²) in [7, 11) is -4.36. The van der Waals surface area contributed by atoms with Crippen molar-refractivity contribution >= 4 is 43.2 Å². The smallest absolute Gasteiger partial charge is 0.264 e.